The molecule has 1 saturated carbocycles. The van der Waals surface area contributed by atoms with Gasteiger partial charge in [0.2, 0.25) is 5.91 Å². The van der Waals surface area contributed by atoms with Gasteiger partial charge in [-0.2, -0.15) is 0 Å². The molecule has 0 unspecified atom stereocenters. The van der Waals surface area contributed by atoms with Crippen LogP contribution < -0.4 is 10.6 Å². The van der Waals surface area contributed by atoms with Crippen LogP contribution in [0.25, 0.3) is 0 Å². The van der Waals surface area contributed by atoms with Gasteiger partial charge in [-0.15, -0.1) is 0 Å². The van der Waals surface area contributed by atoms with Gasteiger partial charge in [0.25, 0.3) is 5.91 Å². The van der Waals surface area contributed by atoms with Crippen molar-refractivity contribution >= 4 is 11.8 Å². The van der Waals surface area contributed by atoms with Crippen molar-refractivity contribution in [3.63, 3.8) is 0 Å². The van der Waals surface area contributed by atoms with Gasteiger partial charge in [-0.3, -0.25) is 9.59 Å². The van der Waals surface area contributed by atoms with E-state index in [-0.39, 0.29) is 11.8 Å². The molecule has 0 aromatic carbocycles. The summed E-state index contributed by atoms with van der Waals surface area (Å²) in [5, 5.41) is 5.75. The van der Waals surface area contributed by atoms with Crippen molar-refractivity contribution in [3.8, 4) is 0 Å². The minimum Gasteiger partial charge on any atom is -0.472 e. The molecule has 2 N–H and O–H groups in total. The highest BCUT2D eigenvalue weighted by atomic mass is 16.3. The average Bonchev–Trinajstić information content (AvgIpc) is 2.92. The van der Waals surface area contributed by atoms with E-state index in [9.17, 15) is 9.59 Å². The summed E-state index contributed by atoms with van der Waals surface area (Å²) >= 11 is 0. The lowest BCUT2D eigenvalue weighted by Gasteiger charge is -2.27. The Bertz CT molecular complexity index is 442. The lowest BCUT2D eigenvalue weighted by Crippen LogP contribution is -2.39. The Morgan fingerprint density at radius 2 is 2.25 bits per heavy atom. The van der Waals surface area contributed by atoms with E-state index in [1.54, 1.807) is 6.07 Å². The van der Waals surface area contributed by atoms with Crippen molar-refractivity contribution in [1.29, 1.82) is 0 Å². The van der Waals surface area contributed by atoms with Gasteiger partial charge in [0.05, 0.1) is 11.8 Å². The molecule has 0 aliphatic heterocycles. The first kappa shape index (κ1) is 14.6. The molecular weight excluding hydrogens is 256 g/mol. The summed E-state index contributed by atoms with van der Waals surface area (Å²) in [6, 6.07) is 1.90. The van der Waals surface area contributed by atoms with E-state index >= 15 is 0 Å². The van der Waals surface area contributed by atoms with Crippen molar-refractivity contribution in [2.75, 3.05) is 6.54 Å². The van der Waals surface area contributed by atoms with Gasteiger partial charge < -0.3 is 15.1 Å². The summed E-state index contributed by atoms with van der Waals surface area (Å²) in [4.78, 5) is 23.4. The van der Waals surface area contributed by atoms with Gasteiger partial charge in [-0.05, 0) is 24.8 Å². The molecule has 2 rings (SSSR count). The van der Waals surface area contributed by atoms with Crippen LogP contribution in [0.4, 0.5) is 0 Å². The van der Waals surface area contributed by atoms with E-state index in [0.717, 1.165) is 12.8 Å². The molecule has 5 nitrogen and oxygen atoms in total. The first-order valence-electron chi connectivity index (χ1n) is 7.25. The highest BCUT2D eigenvalue weighted by molar-refractivity contribution is 5.94. The third-order valence-corrected chi connectivity index (χ3v) is 3.72. The van der Waals surface area contributed by atoms with E-state index in [2.05, 4.69) is 17.6 Å². The van der Waals surface area contributed by atoms with Crippen molar-refractivity contribution in [2.24, 2.45) is 5.92 Å². The fraction of sp³-hybridized carbons (Fsp3) is 0.600. The zero-order valence-corrected chi connectivity index (χ0v) is 11.9. The number of hydrogen-bond acceptors (Lipinski definition) is 3. The molecule has 110 valence electrons. The van der Waals surface area contributed by atoms with Gasteiger partial charge in [0.15, 0.2) is 0 Å². The Morgan fingerprint density at radius 3 is 2.95 bits per heavy atom. The quantitative estimate of drug-likeness (QED) is 0.866. The molecule has 1 aliphatic carbocycles. The molecule has 2 atom stereocenters. The predicted molar refractivity (Wildman–Crippen MR) is 75.2 cm³/mol. The molecule has 0 saturated heterocycles. The van der Waals surface area contributed by atoms with Crippen LogP contribution in [-0.2, 0) is 4.79 Å². The Balaban J connectivity index is 1.64. The molecular formula is C15H22N2O3. The van der Waals surface area contributed by atoms with Gasteiger partial charge in [-0.1, -0.05) is 19.8 Å². The molecule has 5 heteroatoms. The SMILES string of the molecule is C[C@H]1CCC[C@@H](NC(=O)CCNC(=O)c2ccoc2)C1. The summed E-state index contributed by atoms with van der Waals surface area (Å²) < 4.78 is 4.83. The number of carbonyl (C=O) groups is 2. The molecule has 0 radical (unpaired) electrons. The third-order valence-electron chi connectivity index (χ3n) is 3.72. The maximum Gasteiger partial charge on any atom is 0.254 e. The third kappa shape index (κ3) is 4.40. The number of nitrogens with one attached hydrogen (secondary N) is 2. The Morgan fingerprint density at radius 1 is 1.40 bits per heavy atom. The van der Waals surface area contributed by atoms with Crippen LogP contribution in [0, 0.1) is 5.92 Å². The van der Waals surface area contributed by atoms with E-state index in [1.807, 2.05) is 0 Å². The standard InChI is InChI=1S/C15H22N2O3/c1-11-3-2-4-13(9-11)17-14(18)5-7-16-15(19)12-6-8-20-10-12/h6,8,10-11,13H,2-5,7,9H2,1H3,(H,16,19)(H,17,18)/t11-,13+/m0/s1. The van der Waals surface area contributed by atoms with Crippen LogP contribution in [-0.4, -0.2) is 24.4 Å². The van der Waals surface area contributed by atoms with Crippen LogP contribution in [0.1, 0.15) is 49.4 Å². The van der Waals surface area contributed by atoms with Crippen LogP contribution >= 0.6 is 0 Å². The maximum absolute atomic E-state index is 11.8. The minimum atomic E-state index is -0.210. The fourth-order valence-electron chi connectivity index (χ4n) is 2.65. The predicted octanol–water partition coefficient (Wildman–Crippen LogP) is 2.09. The lowest BCUT2D eigenvalue weighted by atomic mass is 9.87. The van der Waals surface area contributed by atoms with Gasteiger partial charge in [-0.25, -0.2) is 0 Å². The molecule has 0 bridgehead atoms. The van der Waals surface area contributed by atoms with Crippen molar-refractivity contribution < 1.29 is 14.0 Å². The number of hydrogen-bond donors (Lipinski definition) is 2. The van der Waals surface area contributed by atoms with Gasteiger partial charge in [0.1, 0.15) is 6.26 Å². The molecule has 1 aromatic heterocycles. The normalized spacial score (nSPS) is 22.2. The van der Waals surface area contributed by atoms with E-state index in [4.69, 9.17) is 4.42 Å². The summed E-state index contributed by atoms with van der Waals surface area (Å²) in [6.45, 7) is 2.57. The second kappa shape index (κ2) is 7.12. The highest BCUT2D eigenvalue weighted by Gasteiger charge is 2.20. The van der Waals surface area contributed by atoms with Crippen molar-refractivity contribution in [1.82, 2.24) is 10.6 Å². The number of rotatable bonds is 5. The molecule has 1 heterocycles. The number of furan rings is 1. The summed E-state index contributed by atoms with van der Waals surface area (Å²) in [7, 11) is 0. The van der Waals surface area contributed by atoms with E-state index < -0.39 is 0 Å². The summed E-state index contributed by atoms with van der Waals surface area (Å²) in [6.07, 6.45) is 7.72. The van der Waals surface area contributed by atoms with Crippen molar-refractivity contribution in [3.05, 3.63) is 24.2 Å². The molecule has 0 spiro atoms. The largest absolute Gasteiger partial charge is 0.472 e. The first-order chi connectivity index (χ1) is 9.65. The molecule has 2 amide bonds. The van der Waals surface area contributed by atoms with Gasteiger partial charge >= 0.3 is 0 Å². The molecule has 1 aliphatic rings. The van der Waals surface area contributed by atoms with Crippen LogP contribution in [0.3, 0.4) is 0 Å². The topological polar surface area (TPSA) is 71.3 Å². The van der Waals surface area contributed by atoms with Crippen LogP contribution in [0.15, 0.2) is 23.0 Å². The summed E-state index contributed by atoms with van der Waals surface area (Å²) in [5.41, 5.74) is 0.478. The Kier molecular flexibility index (Phi) is 5.21. The lowest BCUT2D eigenvalue weighted by molar-refractivity contribution is -0.121. The van der Waals surface area contributed by atoms with E-state index in [1.165, 1.54) is 25.4 Å². The summed E-state index contributed by atoms with van der Waals surface area (Å²) in [5.74, 6) is 0.490. The van der Waals surface area contributed by atoms with Crippen LogP contribution in [0.2, 0.25) is 0 Å². The number of carbonyl (C=O) groups excluding carboxylic acids is 2. The molecule has 1 aromatic rings. The molecule has 1 fully saturated rings. The highest BCUT2D eigenvalue weighted by Crippen LogP contribution is 2.23. The second-order valence-electron chi connectivity index (χ2n) is 5.55. The monoisotopic (exact) mass is 278 g/mol. The zero-order valence-electron chi connectivity index (χ0n) is 11.9. The second-order valence-corrected chi connectivity index (χ2v) is 5.55. The maximum atomic E-state index is 11.8. The van der Waals surface area contributed by atoms with Gasteiger partial charge in [0, 0.05) is 19.0 Å². The Hall–Kier alpha value is -1.78. The minimum absolute atomic E-state index is 0.0107. The Labute approximate surface area is 119 Å². The number of amides is 2. The molecule has 20 heavy (non-hydrogen) atoms. The van der Waals surface area contributed by atoms with E-state index in [0.29, 0.717) is 30.5 Å². The van der Waals surface area contributed by atoms with Crippen molar-refractivity contribution in [2.45, 2.75) is 45.1 Å². The average molecular weight is 278 g/mol. The zero-order chi connectivity index (χ0) is 14.4. The fourth-order valence-corrected chi connectivity index (χ4v) is 2.65. The van der Waals surface area contributed by atoms with Crippen LogP contribution in [0.5, 0.6) is 0 Å². The first-order valence-corrected chi connectivity index (χ1v) is 7.25. The smallest absolute Gasteiger partial charge is 0.254 e.